The highest BCUT2D eigenvalue weighted by Crippen LogP contribution is 2.38. The van der Waals surface area contributed by atoms with Gasteiger partial charge in [0.15, 0.2) is 0 Å². The molecule has 0 bridgehead atoms. The molecule has 2 rings (SSSR count). The molecule has 1 fully saturated rings. The van der Waals surface area contributed by atoms with Gasteiger partial charge in [-0.1, -0.05) is 0 Å². The van der Waals surface area contributed by atoms with Gasteiger partial charge in [0.1, 0.15) is 0 Å². The van der Waals surface area contributed by atoms with Crippen LogP contribution in [0.1, 0.15) is 30.7 Å². The van der Waals surface area contributed by atoms with Gasteiger partial charge in [-0.2, -0.15) is 5.10 Å². The van der Waals surface area contributed by atoms with E-state index in [0.717, 1.165) is 28.9 Å². The number of aryl methyl sites for hydroxylation is 2. The minimum atomic E-state index is 0.354. The van der Waals surface area contributed by atoms with Crippen molar-refractivity contribution < 1.29 is 0 Å². The molecule has 1 aromatic rings. The molecule has 0 saturated heterocycles. The quantitative estimate of drug-likeness (QED) is 0.777. The van der Waals surface area contributed by atoms with Gasteiger partial charge in [-0.05, 0) is 54.5 Å². The van der Waals surface area contributed by atoms with E-state index in [0.29, 0.717) is 5.38 Å². The Balaban J connectivity index is 1.97. The molecule has 1 aromatic heterocycles. The minimum absolute atomic E-state index is 0.354. The van der Waals surface area contributed by atoms with Gasteiger partial charge < -0.3 is 0 Å². The van der Waals surface area contributed by atoms with Gasteiger partial charge >= 0.3 is 0 Å². The standard InChI is InChI=1S/C11H16BrClN2/c1-7-11(12)10(15(2)14-7)6-5-9(13)8-3-4-8/h8-9H,3-6H2,1-2H3. The molecule has 84 valence electrons. The lowest BCUT2D eigenvalue weighted by molar-refractivity contribution is 0.631. The average Bonchev–Trinajstić information content (AvgIpc) is 2.96. The predicted molar refractivity (Wildman–Crippen MR) is 66.3 cm³/mol. The molecule has 1 aliphatic rings. The van der Waals surface area contributed by atoms with E-state index >= 15 is 0 Å². The van der Waals surface area contributed by atoms with Crippen LogP contribution in [-0.2, 0) is 13.5 Å². The van der Waals surface area contributed by atoms with Gasteiger partial charge in [-0.15, -0.1) is 11.6 Å². The maximum Gasteiger partial charge on any atom is 0.0738 e. The van der Waals surface area contributed by atoms with E-state index in [-0.39, 0.29) is 0 Å². The van der Waals surface area contributed by atoms with E-state index in [1.165, 1.54) is 18.5 Å². The maximum absolute atomic E-state index is 6.29. The Bertz CT molecular complexity index is 358. The number of nitrogens with zero attached hydrogens (tertiary/aromatic N) is 2. The molecule has 1 atom stereocenters. The largest absolute Gasteiger partial charge is 0.271 e. The molecule has 0 radical (unpaired) electrons. The van der Waals surface area contributed by atoms with Gasteiger partial charge in [-0.25, -0.2) is 0 Å². The Kier molecular flexibility index (Phi) is 3.41. The molecular weight excluding hydrogens is 275 g/mol. The predicted octanol–water partition coefficient (Wildman–Crippen LogP) is 3.44. The first-order chi connectivity index (χ1) is 7.09. The fourth-order valence-corrected chi connectivity index (χ4v) is 2.82. The number of hydrogen-bond acceptors (Lipinski definition) is 1. The molecule has 0 amide bonds. The highest BCUT2D eigenvalue weighted by molar-refractivity contribution is 9.10. The molecule has 2 nitrogen and oxygen atoms in total. The number of halogens is 2. The molecule has 15 heavy (non-hydrogen) atoms. The van der Waals surface area contributed by atoms with Crippen molar-refractivity contribution in [2.75, 3.05) is 0 Å². The molecule has 0 aromatic carbocycles. The molecule has 1 saturated carbocycles. The van der Waals surface area contributed by atoms with Crippen molar-refractivity contribution in [1.29, 1.82) is 0 Å². The van der Waals surface area contributed by atoms with Crippen LogP contribution in [-0.4, -0.2) is 15.2 Å². The van der Waals surface area contributed by atoms with Crippen molar-refractivity contribution in [2.45, 2.75) is 38.0 Å². The second kappa shape index (κ2) is 4.46. The first-order valence-electron chi connectivity index (χ1n) is 5.41. The van der Waals surface area contributed by atoms with E-state index in [1.54, 1.807) is 0 Å². The third-order valence-electron chi connectivity index (χ3n) is 3.05. The molecule has 0 spiro atoms. The second-order valence-corrected chi connectivity index (χ2v) is 5.72. The van der Waals surface area contributed by atoms with Crippen LogP contribution in [0.4, 0.5) is 0 Å². The van der Waals surface area contributed by atoms with Gasteiger partial charge in [0.25, 0.3) is 0 Å². The first-order valence-corrected chi connectivity index (χ1v) is 6.64. The van der Waals surface area contributed by atoms with Gasteiger partial charge in [0.2, 0.25) is 0 Å². The average molecular weight is 292 g/mol. The highest BCUT2D eigenvalue weighted by atomic mass is 79.9. The summed E-state index contributed by atoms with van der Waals surface area (Å²) in [6, 6.07) is 0. The van der Waals surface area contributed by atoms with E-state index in [4.69, 9.17) is 11.6 Å². The summed E-state index contributed by atoms with van der Waals surface area (Å²) in [6.07, 6.45) is 4.71. The Morgan fingerprint density at radius 1 is 1.60 bits per heavy atom. The number of hydrogen-bond donors (Lipinski definition) is 0. The molecular formula is C11H16BrClN2. The monoisotopic (exact) mass is 290 g/mol. The number of rotatable bonds is 4. The van der Waals surface area contributed by atoms with Crippen LogP contribution >= 0.6 is 27.5 Å². The zero-order valence-corrected chi connectivity index (χ0v) is 11.5. The molecule has 4 heteroatoms. The summed E-state index contributed by atoms with van der Waals surface area (Å²) in [6.45, 7) is 2.02. The molecule has 0 N–H and O–H groups in total. The third-order valence-corrected chi connectivity index (χ3v) is 4.66. The minimum Gasteiger partial charge on any atom is -0.271 e. The second-order valence-electron chi connectivity index (χ2n) is 4.36. The Labute approximate surface area is 104 Å². The van der Waals surface area contributed by atoms with Crippen LogP contribution in [0.3, 0.4) is 0 Å². The van der Waals surface area contributed by atoms with Crippen molar-refractivity contribution >= 4 is 27.5 Å². The molecule has 1 unspecified atom stereocenters. The topological polar surface area (TPSA) is 17.8 Å². The van der Waals surface area contributed by atoms with E-state index < -0.39 is 0 Å². The SMILES string of the molecule is Cc1nn(C)c(CCC(Cl)C2CC2)c1Br. The summed E-state index contributed by atoms with van der Waals surface area (Å²) in [4.78, 5) is 0. The zero-order chi connectivity index (χ0) is 11.0. The van der Waals surface area contributed by atoms with Gasteiger partial charge in [0.05, 0.1) is 15.9 Å². The van der Waals surface area contributed by atoms with Crippen molar-refractivity contribution in [2.24, 2.45) is 13.0 Å². The highest BCUT2D eigenvalue weighted by Gasteiger charge is 2.29. The molecule has 1 aliphatic carbocycles. The summed E-state index contributed by atoms with van der Waals surface area (Å²) in [5.74, 6) is 0.778. The van der Waals surface area contributed by atoms with Crippen LogP contribution in [0.15, 0.2) is 4.47 Å². The summed E-state index contributed by atoms with van der Waals surface area (Å²) in [5.41, 5.74) is 2.32. The maximum atomic E-state index is 6.29. The van der Waals surface area contributed by atoms with Crippen LogP contribution in [0.2, 0.25) is 0 Å². The zero-order valence-electron chi connectivity index (χ0n) is 9.13. The van der Waals surface area contributed by atoms with E-state index in [1.807, 2.05) is 18.7 Å². The van der Waals surface area contributed by atoms with Gasteiger partial charge in [0, 0.05) is 12.4 Å². The van der Waals surface area contributed by atoms with E-state index in [9.17, 15) is 0 Å². The van der Waals surface area contributed by atoms with Gasteiger partial charge in [-0.3, -0.25) is 4.68 Å². The van der Waals surface area contributed by atoms with Crippen LogP contribution in [0.5, 0.6) is 0 Å². The normalized spacial score (nSPS) is 18.1. The number of alkyl halides is 1. The Morgan fingerprint density at radius 2 is 2.27 bits per heavy atom. The van der Waals surface area contributed by atoms with E-state index in [2.05, 4.69) is 21.0 Å². The lowest BCUT2D eigenvalue weighted by Crippen LogP contribution is -2.06. The summed E-state index contributed by atoms with van der Waals surface area (Å²) in [7, 11) is 1.99. The smallest absolute Gasteiger partial charge is 0.0738 e. The Hall–Kier alpha value is -0.0200. The van der Waals surface area contributed by atoms with Crippen LogP contribution in [0, 0.1) is 12.8 Å². The first kappa shape index (κ1) is 11.5. The Morgan fingerprint density at radius 3 is 2.73 bits per heavy atom. The molecule has 0 aliphatic heterocycles. The summed E-state index contributed by atoms with van der Waals surface area (Å²) >= 11 is 9.87. The van der Waals surface area contributed by atoms with Crippen molar-refractivity contribution in [3.63, 3.8) is 0 Å². The van der Waals surface area contributed by atoms with Crippen LogP contribution < -0.4 is 0 Å². The number of aromatic nitrogens is 2. The third kappa shape index (κ3) is 2.56. The lowest BCUT2D eigenvalue weighted by atomic mass is 10.1. The van der Waals surface area contributed by atoms with Crippen LogP contribution in [0.25, 0.3) is 0 Å². The van der Waals surface area contributed by atoms with Crippen molar-refractivity contribution in [1.82, 2.24) is 9.78 Å². The fraction of sp³-hybridized carbons (Fsp3) is 0.727. The summed E-state index contributed by atoms with van der Waals surface area (Å²) < 4.78 is 3.10. The summed E-state index contributed by atoms with van der Waals surface area (Å²) in [5, 5.41) is 4.73. The van der Waals surface area contributed by atoms with Crippen molar-refractivity contribution in [3.05, 3.63) is 15.9 Å². The lowest BCUT2D eigenvalue weighted by Gasteiger charge is -2.08. The van der Waals surface area contributed by atoms with Crippen molar-refractivity contribution in [3.8, 4) is 0 Å². The fourth-order valence-electron chi connectivity index (χ4n) is 1.92. The molecule has 1 heterocycles.